The number of benzene rings is 1. The quantitative estimate of drug-likeness (QED) is 0.748. The molecule has 0 N–H and O–H groups in total. The molecule has 0 saturated heterocycles. The smallest absolute Gasteiger partial charge is 0.130 e. The first-order valence-electron chi connectivity index (χ1n) is 7.57. The van der Waals surface area contributed by atoms with E-state index in [1.807, 2.05) is 0 Å². The molecule has 1 heteroatoms. The van der Waals surface area contributed by atoms with Gasteiger partial charge in [0.1, 0.15) is 5.78 Å². The minimum Gasteiger partial charge on any atom is -0.300 e. The van der Waals surface area contributed by atoms with E-state index in [0.29, 0.717) is 6.42 Å². The highest BCUT2D eigenvalue weighted by Gasteiger charge is 2.24. The van der Waals surface area contributed by atoms with E-state index in [4.69, 9.17) is 0 Å². The van der Waals surface area contributed by atoms with Crippen molar-refractivity contribution >= 4 is 5.78 Å². The molecule has 0 spiro atoms. The molecule has 0 saturated carbocycles. The van der Waals surface area contributed by atoms with Crippen molar-refractivity contribution in [3.05, 3.63) is 34.4 Å². The van der Waals surface area contributed by atoms with Gasteiger partial charge in [-0.2, -0.15) is 0 Å². The van der Waals surface area contributed by atoms with Crippen molar-refractivity contribution in [3.8, 4) is 0 Å². The second kappa shape index (κ2) is 5.71. The minimum absolute atomic E-state index is 0.135. The lowest BCUT2D eigenvalue weighted by Gasteiger charge is -2.30. The van der Waals surface area contributed by atoms with Crippen molar-refractivity contribution in [1.29, 1.82) is 0 Å². The van der Waals surface area contributed by atoms with Gasteiger partial charge in [0.2, 0.25) is 0 Å². The summed E-state index contributed by atoms with van der Waals surface area (Å²) in [5.74, 6) is 0.264. The largest absolute Gasteiger partial charge is 0.300 e. The fourth-order valence-electron chi connectivity index (χ4n) is 2.80. The maximum Gasteiger partial charge on any atom is 0.130 e. The van der Waals surface area contributed by atoms with Crippen molar-refractivity contribution in [1.82, 2.24) is 0 Å². The lowest BCUT2D eigenvalue weighted by atomic mass is 9.75. The van der Waals surface area contributed by atoms with Gasteiger partial charge in [-0.1, -0.05) is 53.7 Å². The van der Waals surface area contributed by atoms with Crippen molar-refractivity contribution in [2.24, 2.45) is 0 Å². The van der Waals surface area contributed by atoms with Crippen LogP contribution in [0.4, 0.5) is 0 Å². The second-order valence-corrected chi connectivity index (χ2v) is 8.02. The van der Waals surface area contributed by atoms with E-state index >= 15 is 0 Å². The summed E-state index contributed by atoms with van der Waals surface area (Å²) in [6, 6.07) is 4.60. The van der Waals surface area contributed by atoms with Gasteiger partial charge in [-0.25, -0.2) is 0 Å². The maximum absolute atomic E-state index is 11.2. The predicted molar refractivity (Wildman–Crippen MR) is 87.6 cm³/mol. The van der Waals surface area contributed by atoms with Crippen LogP contribution >= 0.6 is 0 Å². The van der Waals surface area contributed by atoms with Crippen LogP contribution in [-0.2, 0) is 22.0 Å². The topological polar surface area (TPSA) is 17.1 Å². The van der Waals surface area contributed by atoms with Crippen LogP contribution in [0.5, 0.6) is 0 Å². The number of ketones is 1. The SMILES string of the molecule is CC(=O)CCc1cc(C(C)(C)C)c(C)c(C(C)(C)C)c1. The molecule has 0 fully saturated rings. The Labute approximate surface area is 124 Å². The molecule has 1 rings (SSSR count). The number of hydrogen-bond acceptors (Lipinski definition) is 1. The van der Waals surface area contributed by atoms with Crippen molar-refractivity contribution in [2.45, 2.75) is 79.1 Å². The van der Waals surface area contributed by atoms with Gasteiger partial charge in [-0.15, -0.1) is 0 Å². The molecule has 0 atom stereocenters. The number of aryl methyl sites for hydroxylation is 1. The molecule has 0 aliphatic rings. The Balaban J connectivity index is 3.38. The molecular formula is C19H30O. The Morgan fingerprint density at radius 3 is 1.65 bits per heavy atom. The predicted octanol–water partition coefficient (Wildman–Crippen LogP) is 5.11. The van der Waals surface area contributed by atoms with E-state index in [9.17, 15) is 4.79 Å². The molecule has 1 aromatic rings. The molecule has 0 aromatic heterocycles. The Morgan fingerprint density at radius 2 is 1.35 bits per heavy atom. The Hall–Kier alpha value is -1.11. The molecule has 0 radical (unpaired) electrons. The average Bonchev–Trinajstić information content (AvgIpc) is 2.24. The first kappa shape index (κ1) is 16.9. The molecule has 0 aliphatic heterocycles. The highest BCUT2D eigenvalue weighted by molar-refractivity contribution is 5.75. The number of carbonyl (C=O) groups is 1. The van der Waals surface area contributed by atoms with Gasteiger partial charge < -0.3 is 4.79 Å². The van der Waals surface area contributed by atoms with Gasteiger partial charge in [0.25, 0.3) is 0 Å². The van der Waals surface area contributed by atoms with Crippen LogP contribution in [0, 0.1) is 6.92 Å². The zero-order chi connectivity index (χ0) is 15.7. The lowest BCUT2D eigenvalue weighted by molar-refractivity contribution is -0.116. The van der Waals surface area contributed by atoms with Gasteiger partial charge >= 0.3 is 0 Å². The van der Waals surface area contributed by atoms with Crippen LogP contribution in [0.3, 0.4) is 0 Å². The number of rotatable bonds is 3. The summed E-state index contributed by atoms with van der Waals surface area (Å²) < 4.78 is 0. The molecule has 1 aromatic carbocycles. The Bertz CT molecular complexity index is 460. The number of Topliss-reactive ketones (excluding diaryl/α,β-unsaturated/α-hetero) is 1. The molecule has 0 unspecified atom stereocenters. The van der Waals surface area contributed by atoms with E-state index in [0.717, 1.165) is 6.42 Å². The second-order valence-electron chi connectivity index (χ2n) is 8.02. The van der Waals surface area contributed by atoms with Gasteiger partial charge in [0.15, 0.2) is 0 Å². The number of hydrogen-bond donors (Lipinski definition) is 0. The third kappa shape index (κ3) is 4.19. The van der Waals surface area contributed by atoms with Crippen LogP contribution in [0.2, 0.25) is 0 Å². The molecule has 112 valence electrons. The van der Waals surface area contributed by atoms with E-state index in [-0.39, 0.29) is 16.6 Å². The molecule has 1 nitrogen and oxygen atoms in total. The normalized spacial score (nSPS) is 12.6. The molecule has 0 aliphatic carbocycles. The first-order valence-corrected chi connectivity index (χ1v) is 7.57. The summed E-state index contributed by atoms with van der Waals surface area (Å²) in [6.45, 7) is 17.5. The van der Waals surface area contributed by atoms with E-state index in [1.54, 1.807) is 6.92 Å². The maximum atomic E-state index is 11.2. The summed E-state index contributed by atoms with van der Waals surface area (Å²) >= 11 is 0. The van der Waals surface area contributed by atoms with Gasteiger partial charge in [-0.3, -0.25) is 0 Å². The Morgan fingerprint density at radius 1 is 0.950 bits per heavy atom. The van der Waals surface area contributed by atoms with Gasteiger partial charge in [0, 0.05) is 6.42 Å². The average molecular weight is 274 g/mol. The molecule has 0 heterocycles. The summed E-state index contributed by atoms with van der Waals surface area (Å²) in [5.41, 5.74) is 5.77. The van der Waals surface area contributed by atoms with Crippen molar-refractivity contribution in [2.75, 3.05) is 0 Å². The summed E-state index contributed by atoms with van der Waals surface area (Å²) in [7, 11) is 0. The van der Waals surface area contributed by atoms with Crippen molar-refractivity contribution in [3.63, 3.8) is 0 Å². The fraction of sp³-hybridized carbons (Fsp3) is 0.632. The highest BCUT2D eigenvalue weighted by Crippen LogP contribution is 2.34. The zero-order valence-electron chi connectivity index (χ0n) is 14.5. The third-order valence-corrected chi connectivity index (χ3v) is 3.85. The lowest BCUT2D eigenvalue weighted by Crippen LogP contribution is -2.20. The van der Waals surface area contributed by atoms with E-state index in [1.165, 1.54) is 22.3 Å². The van der Waals surface area contributed by atoms with Crippen LogP contribution < -0.4 is 0 Å². The van der Waals surface area contributed by atoms with Crippen LogP contribution in [0.25, 0.3) is 0 Å². The van der Waals surface area contributed by atoms with E-state index in [2.05, 4.69) is 60.6 Å². The summed E-state index contributed by atoms with van der Waals surface area (Å²) in [4.78, 5) is 11.2. The van der Waals surface area contributed by atoms with Crippen LogP contribution in [-0.4, -0.2) is 5.78 Å². The zero-order valence-corrected chi connectivity index (χ0v) is 14.5. The molecule has 20 heavy (non-hydrogen) atoms. The standard InChI is InChI=1S/C19H30O/c1-13(20)9-10-15-11-16(18(3,4)5)14(2)17(12-15)19(6,7)8/h11-12H,9-10H2,1-8H3. The van der Waals surface area contributed by atoms with Gasteiger partial charge in [-0.05, 0) is 53.4 Å². The monoisotopic (exact) mass is 274 g/mol. The third-order valence-electron chi connectivity index (χ3n) is 3.85. The summed E-state index contributed by atoms with van der Waals surface area (Å²) in [6.07, 6.45) is 1.48. The molecular weight excluding hydrogens is 244 g/mol. The molecule has 0 bridgehead atoms. The first-order chi connectivity index (χ1) is 8.93. The summed E-state index contributed by atoms with van der Waals surface area (Å²) in [5, 5.41) is 0. The van der Waals surface area contributed by atoms with Crippen LogP contribution in [0.15, 0.2) is 12.1 Å². The molecule has 0 amide bonds. The van der Waals surface area contributed by atoms with Gasteiger partial charge in [0.05, 0.1) is 0 Å². The fourth-order valence-corrected chi connectivity index (χ4v) is 2.80. The van der Waals surface area contributed by atoms with E-state index < -0.39 is 0 Å². The minimum atomic E-state index is 0.135. The number of carbonyl (C=O) groups excluding carboxylic acids is 1. The Kier molecular flexibility index (Phi) is 4.84. The van der Waals surface area contributed by atoms with Crippen molar-refractivity contribution < 1.29 is 4.79 Å². The highest BCUT2D eigenvalue weighted by atomic mass is 16.1. The van der Waals surface area contributed by atoms with Crippen LogP contribution in [0.1, 0.15) is 77.1 Å².